The topological polar surface area (TPSA) is 82.0 Å². The molecule has 140 valence electrons. The zero-order valence-electron chi connectivity index (χ0n) is 16.2. The number of amides is 2. The van der Waals surface area contributed by atoms with Gasteiger partial charge < -0.3 is 10.6 Å². The van der Waals surface area contributed by atoms with Gasteiger partial charge in [0, 0.05) is 5.56 Å². The summed E-state index contributed by atoms with van der Waals surface area (Å²) in [4.78, 5) is 24.9. The monoisotopic (exact) mass is 355 g/mol. The lowest BCUT2D eigenvalue weighted by atomic mass is 9.82. The largest absolute Gasteiger partial charge is 0.341 e. The van der Waals surface area contributed by atoms with E-state index in [0.717, 1.165) is 24.8 Å². The Morgan fingerprint density at radius 3 is 2.19 bits per heavy atom. The second kappa shape index (κ2) is 7.90. The first-order chi connectivity index (χ1) is 12.2. The van der Waals surface area contributed by atoms with E-state index >= 15 is 0 Å². The van der Waals surface area contributed by atoms with Gasteiger partial charge in [0.05, 0.1) is 6.07 Å². The summed E-state index contributed by atoms with van der Waals surface area (Å²) < 4.78 is 0. The van der Waals surface area contributed by atoms with Gasteiger partial charge in [-0.15, -0.1) is 0 Å². The molecule has 1 atom stereocenters. The van der Waals surface area contributed by atoms with E-state index in [9.17, 15) is 14.9 Å². The molecular weight excluding hydrogens is 326 g/mol. The lowest BCUT2D eigenvalue weighted by molar-refractivity contribution is -0.124. The van der Waals surface area contributed by atoms with E-state index in [1.54, 1.807) is 19.1 Å². The maximum Gasteiger partial charge on any atom is 0.251 e. The maximum atomic E-state index is 12.5. The SMILES string of the molecule is CC(NC(=O)c1ccc(C(C)(C)C)cc1)C(=O)NC1(C#N)CCCCC1. The van der Waals surface area contributed by atoms with Gasteiger partial charge in [0.15, 0.2) is 0 Å². The molecule has 1 saturated carbocycles. The minimum atomic E-state index is -0.789. The van der Waals surface area contributed by atoms with Crippen molar-refractivity contribution in [2.45, 2.75) is 76.8 Å². The van der Waals surface area contributed by atoms with Gasteiger partial charge in [-0.25, -0.2) is 0 Å². The molecule has 0 heterocycles. The lowest BCUT2D eigenvalue weighted by Gasteiger charge is -2.32. The number of hydrogen-bond donors (Lipinski definition) is 2. The number of nitrogens with zero attached hydrogens (tertiary/aromatic N) is 1. The molecular formula is C21H29N3O2. The summed E-state index contributed by atoms with van der Waals surface area (Å²) in [7, 11) is 0. The molecule has 0 spiro atoms. The molecule has 5 heteroatoms. The van der Waals surface area contributed by atoms with Gasteiger partial charge in [0.25, 0.3) is 5.91 Å². The molecule has 1 fully saturated rings. The van der Waals surface area contributed by atoms with Gasteiger partial charge in [-0.2, -0.15) is 5.26 Å². The Balaban J connectivity index is 1.97. The fraction of sp³-hybridized carbons (Fsp3) is 0.571. The fourth-order valence-electron chi connectivity index (χ4n) is 3.23. The van der Waals surface area contributed by atoms with Gasteiger partial charge >= 0.3 is 0 Å². The standard InChI is InChI=1S/C21H29N3O2/c1-15(18(25)24-21(14-22)12-6-5-7-13-21)23-19(26)16-8-10-17(11-9-16)20(2,3)4/h8-11,15H,5-7,12-13H2,1-4H3,(H,23,26)(H,24,25). The number of rotatable bonds is 4. The Bertz CT molecular complexity index is 689. The predicted octanol–water partition coefficient (Wildman–Crippen LogP) is 3.45. The second-order valence-electron chi connectivity index (χ2n) is 8.27. The van der Waals surface area contributed by atoms with Gasteiger partial charge in [0.2, 0.25) is 5.91 Å². The van der Waals surface area contributed by atoms with E-state index in [-0.39, 0.29) is 17.2 Å². The van der Waals surface area contributed by atoms with Crippen molar-refractivity contribution in [2.75, 3.05) is 0 Å². The highest BCUT2D eigenvalue weighted by molar-refractivity contribution is 5.97. The fourth-order valence-corrected chi connectivity index (χ4v) is 3.23. The van der Waals surface area contributed by atoms with Crippen LogP contribution < -0.4 is 10.6 Å². The Kier molecular flexibility index (Phi) is 6.07. The van der Waals surface area contributed by atoms with Crippen molar-refractivity contribution in [1.82, 2.24) is 10.6 Å². The molecule has 0 aromatic heterocycles. The summed E-state index contributed by atoms with van der Waals surface area (Å²) in [5, 5.41) is 15.0. The second-order valence-corrected chi connectivity index (χ2v) is 8.27. The number of benzene rings is 1. The zero-order valence-corrected chi connectivity index (χ0v) is 16.2. The van der Waals surface area contributed by atoms with Crippen molar-refractivity contribution in [2.24, 2.45) is 0 Å². The first-order valence-electron chi connectivity index (χ1n) is 9.32. The van der Waals surface area contributed by atoms with Crippen molar-refractivity contribution in [3.63, 3.8) is 0 Å². The maximum absolute atomic E-state index is 12.5. The molecule has 1 aliphatic rings. The number of carbonyl (C=O) groups is 2. The van der Waals surface area contributed by atoms with E-state index in [4.69, 9.17) is 0 Å². The third-order valence-corrected chi connectivity index (χ3v) is 5.04. The van der Waals surface area contributed by atoms with E-state index in [0.29, 0.717) is 18.4 Å². The Hall–Kier alpha value is -2.35. The molecule has 1 aliphatic carbocycles. The van der Waals surface area contributed by atoms with Crippen LogP contribution in [0.2, 0.25) is 0 Å². The smallest absolute Gasteiger partial charge is 0.251 e. The minimum Gasteiger partial charge on any atom is -0.341 e. The van der Waals surface area contributed by atoms with Crippen molar-refractivity contribution >= 4 is 11.8 Å². The first kappa shape index (κ1) is 20.0. The van der Waals surface area contributed by atoms with Gasteiger partial charge in [0.1, 0.15) is 11.6 Å². The number of nitrogens with one attached hydrogen (secondary N) is 2. The summed E-state index contributed by atoms with van der Waals surface area (Å²) in [6.07, 6.45) is 4.31. The molecule has 0 bridgehead atoms. The van der Waals surface area contributed by atoms with Crippen LogP contribution in [-0.4, -0.2) is 23.4 Å². The molecule has 0 radical (unpaired) electrons. The van der Waals surface area contributed by atoms with E-state index in [2.05, 4.69) is 37.5 Å². The van der Waals surface area contributed by atoms with Crippen LogP contribution in [0.3, 0.4) is 0 Å². The van der Waals surface area contributed by atoms with E-state index in [1.807, 2.05) is 12.1 Å². The van der Waals surface area contributed by atoms with Crippen LogP contribution in [0.5, 0.6) is 0 Å². The van der Waals surface area contributed by atoms with Crippen LogP contribution in [0.4, 0.5) is 0 Å². The summed E-state index contributed by atoms with van der Waals surface area (Å²) in [5.41, 5.74) is 0.898. The van der Waals surface area contributed by atoms with E-state index in [1.165, 1.54) is 0 Å². The number of nitriles is 1. The molecule has 2 rings (SSSR count). The average molecular weight is 355 g/mol. The first-order valence-corrected chi connectivity index (χ1v) is 9.32. The predicted molar refractivity (Wildman–Crippen MR) is 102 cm³/mol. The van der Waals surface area contributed by atoms with Gasteiger partial charge in [-0.05, 0) is 42.9 Å². The molecule has 5 nitrogen and oxygen atoms in total. The number of carbonyl (C=O) groups excluding carboxylic acids is 2. The van der Waals surface area contributed by atoms with Crippen LogP contribution >= 0.6 is 0 Å². The molecule has 26 heavy (non-hydrogen) atoms. The molecule has 2 N–H and O–H groups in total. The highest BCUT2D eigenvalue weighted by atomic mass is 16.2. The number of hydrogen-bond acceptors (Lipinski definition) is 3. The Morgan fingerprint density at radius 2 is 1.69 bits per heavy atom. The van der Waals surface area contributed by atoms with Gasteiger partial charge in [-0.3, -0.25) is 9.59 Å². The van der Waals surface area contributed by atoms with Crippen molar-refractivity contribution < 1.29 is 9.59 Å². The van der Waals surface area contributed by atoms with Crippen LogP contribution in [0, 0.1) is 11.3 Å². The highest BCUT2D eigenvalue weighted by Gasteiger charge is 2.35. The summed E-state index contributed by atoms with van der Waals surface area (Å²) in [6.45, 7) is 7.99. The quantitative estimate of drug-likeness (QED) is 0.868. The van der Waals surface area contributed by atoms with Crippen molar-refractivity contribution in [3.8, 4) is 6.07 Å². The highest BCUT2D eigenvalue weighted by Crippen LogP contribution is 2.27. The molecule has 0 saturated heterocycles. The normalized spacial score (nSPS) is 17.7. The van der Waals surface area contributed by atoms with E-state index < -0.39 is 11.6 Å². The third-order valence-electron chi connectivity index (χ3n) is 5.04. The third kappa shape index (κ3) is 4.85. The molecule has 2 amide bonds. The van der Waals surface area contributed by atoms with Crippen LogP contribution in [0.1, 0.15) is 75.7 Å². The molecule has 1 aromatic rings. The molecule has 0 aliphatic heterocycles. The van der Waals surface area contributed by atoms with Crippen LogP contribution in [-0.2, 0) is 10.2 Å². The Labute approximate surface area is 156 Å². The summed E-state index contributed by atoms with van der Waals surface area (Å²) >= 11 is 0. The molecule has 1 aromatic carbocycles. The summed E-state index contributed by atoms with van der Waals surface area (Å²) in [5.74, 6) is -0.601. The minimum absolute atomic E-state index is 0.0216. The molecule has 1 unspecified atom stereocenters. The van der Waals surface area contributed by atoms with Crippen LogP contribution in [0.15, 0.2) is 24.3 Å². The zero-order chi connectivity index (χ0) is 19.4. The lowest BCUT2D eigenvalue weighted by Crippen LogP contribution is -2.54. The van der Waals surface area contributed by atoms with Crippen LogP contribution in [0.25, 0.3) is 0 Å². The van der Waals surface area contributed by atoms with Crippen molar-refractivity contribution in [3.05, 3.63) is 35.4 Å². The average Bonchev–Trinajstić information content (AvgIpc) is 2.61. The Morgan fingerprint density at radius 1 is 1.12 bits per heavy atom. The van der Waals surface area contributed by atoms with Gasteiger partial charge in [-0.1, -0.05) is 52.2 Å². The van der Waals surface area contributed by atoms with Crippen molar-refractivity contribution in [1.29, 1.82) is 5.26 Å². The summed E-state index contributed by atoms with van der Waals surface area (Å²) in [6, 6.07) is 8.99.